The molecule has 0 bridgehead atoms. The van der Waals surface area contributed by atoms with Crippen molar-refractivity contribution < 1.29 is 9.90 Å². The van der Waals surface area contributed by atoms with Crippen molar-refractivity contribution in [3.8, 4) is 11.1 Å². The minimum absolute atomic E-state index is 0.0199. The molecule has 0 amide bonds. The first-order valence-electron chi connectivity index (χ1n) is 5.91. The predicted molar refractivity (Wildman–Crippen MR) is 69.4 cm³/mol. The summed E-state index contributed by atoms with van der Waals surface area (Å²) in [6.07, 6.45) is 0. The minimum Gasteiger partial charge on any atom is -0.480 e. The van der Waals surface area contributed by atoms with E-state index in [1.165, 1.54) is 11.1 Å². The fraction of sp³-hybridized carbons (Fsp3) is 0.133. The molecule has 90 valence electrons. The average molecular weight is 239 g/mol. The second-order valence-corrected chi connectivity index (χ2v) is 4.38. The van der Waals surface area contributed by atoms with Crippen molar-refractivity contribution in [3.63, 3.8) is 0 Å². The first kappa shape index (κ1) is 11.0. The Morgan fingerprint density at radius 1 is 1.00 bits per heavy atom. The summed E-state index contributed by atoms with van der Waals surface area (Å²) in [6, 6.07) is 16.2. The van der Waals surface area contributed by atoms with E-state index in [0.717, 1.165) is 11.1 Å². The summed E-state index contributed by atoms with van der Waals surface area (Å²) in [4.78, 5) is 10.7. The highest BCUT2D eigenvalue weighted by Gasteiger charge is 2.27. The van der Waals surface area contributed by atoms with Gasteiger partial charge in [-0.15, -0.1) is 0 Å². The fourth-order valence-corrected chi connectivity index (χ4v) is 2.56. The highest BCUT2D eigenvalue weighted by molar-refractivity contribution is 5.79. The molecule has 0 unspecified atom stereocenters. The third-order valence-corrected chi connectivity index (χ3v) is 3.29. The first-order chi connectivity index (χ1) is 8.77. The van der Waals surface area contributed by atoms with E-state index >= 15 is 0 Å². The van der Waals surface area contributed by atoms with Crippen LogP contribution < -0.4 is 5.32 Å². The Balaban J connectivity index is 2.06. The van der Waals surface area contributed by atoms with Crippen molar-refractivity contribution in [1.82, 2.24) is 5.32 Å². The van der Waals surface area contributed by atoms with Crippen molar-refractivity contribution in [2.45, 2.75) is 6.04 Å². The van der Waals surface area contributed by atoms with Gasteiger partial charge in [-0.3, -0.25) is 10.1 Å². The summed E-state index contributed by atoms with van der Waals surface area (Å²) < 4.78 is 0. The van der Waals surface area contributed by atoms with Gasteiger partial charge in [0.25, 0.3) is 0 Å². The standard InChI is InChI=1S/C15H13NO2/c17-14(18)9-16-15-12-7-3-1-5-10(12)11-6-2-4-8-13(11)15/h1-8,15-16H,9H2,(H,17,18). The van der Waals surface area contributed by atoms with Crippen LogP contribution in [-0.2, 0) is 4.79 Å². The number of carboxylic acids is 1. The van der Waals surface area contributed by atoms with Crippen LogP contribution in [0.3, 0.4) is 0 Å². The van der Waals surface area contributed by atoms with Gasteiger partial charge in [-0.05, 0) is 22.3 Å². The van der Waals surface area contributed by atoms with Crippen LogP contribution in [0.4, 0.5) is 0 Å². The van der Waals surface area contributed by atoms with E-state index in [4.69, 9.17) is 5.11 Å². The van der Waals surface area contributed by atoms with Crippen molar-refractivity contribution in [3.05, 3.63) is 59.7 Å². The maximum Gasteiger partial charge on any atom is 0.317 e. The van der Waals surface area contributed by atoms with Crippen molar-refractivity contribution >= 4 is 5.97 Å². The highest BCUT2D eigenvalue weighted by atomic mass is 16.4. The minimum atomic E-state index is -0.836. The molecule has 0 fully saturated rings. The Morgan fingerprint density at radius 3 is 2.00 bits per heavy atom. The fourth-order valence-electron chi connectivity index (χ4n) is 2.56. The average Bonchev–Trinajstić information content (AvgIpc) is 2.71. The van der Waals surface area contributed by atoms with Crippen LogP contribution in [0.1, 0.15) is 17.2 Å². The summed E-state index contributed by atoms with van der Waals surface area (Å²) in [7, 11) is 0. The zero-order valence-corrected chi connectivity index (χ0v) is 9.76. The molecule has 0 saturated heterocycles. The van der Waals surface area contributed by atoms with Crippen LogP contribution in [0.25, 0.3) is 11.1 Å². The van der Waals surface area contributed by atoms with Gasteiger partial charge in [-0.2, -0.15) is 0 Å². The number of benzene rings is 2. The third kappa shape index (κ3) is 1.69. The normalized spacial score (nSPS) is 13.1. The second-order valence-electron chi connectivity index (χ2n) is 4.38. The van der Waals surface area contributed by atoms with Gasteiger partial charge in [-0.1, -0.05) is 48.5 Å². The predicted octanol–water partition coefficient (Wildman–Crippen LogP) is 2.43. The van der Waals surface area contributed by atoms with E-state index < -0.39 is 5.97 Å². The lowest BCUT2D eigenvalue weighted by Gasteiger charge is -2.14. The lowest BCUT2D eigenvalue weighted by atomic mass is 10.1. The van der Waals surface area contributed by atoms with Gasteiger partial charge in [0, 0.05) is 0 Å². The molecular formula is C15H13NO2. The highest BCUT2D eigenvalue weighted by Crippen LogP contribution is 2.42. The Hall–Kier alpha value is -2.13. The topological polar surface area (TPSA) is 49.3 Å². The summed E-state index contributed by atoms with van der Waals surface area (Å²) in [5.74, 6) is -0.836. The molecule has 2 aromatic rings. The molecule has 0 spiro atoms. The summed E-state index contributed by atoms with van der Waals surface area (Å²) >= 11 is 0. The molecule has 3 nitrogen and oxygen atoms in total. The van der Waals surface area contributed by atoms with Gasteiger partial charge in [0.05, 0.1) is 12.6 Å². The molecule has 0 aromatic heterocycles. The van der Waals surface area contributed by atoms with Gasteiger partial charge in [0.1, 0.15) is 0 Å². The Bertz CT molecular complexity index is 561. The summed E-state index contributed by atoms with van der Waals surface area (Å²) in [5.41, 5.74) is 4.69. The van der Waals surface area contributed by atoms with Crippen molar-refractivity contribution in [2.24, 2.45) is 0 Å². The van der Waals surface area contributed by atoms with Crippen molar-refractivity contribution in [1.29, 1.82) is 0 Å². The zero-order valence-electron chi connectivity index (χ0n) is 9.76. The van der Waals surface area contributed by atoms with E-state index in [0.29, 0.717) is 0 Å². The van der Waals surface area contributed by atoms with Crippen LogP contribution in [0.5, 0.6) is 0 Å². The van der Waals surface area contributed by atoms with E-state index in [1.54, 1.807) is 0 Å². The first-order valence-corrected chi connectivity index (χ1v) is 5.91. The lowest BCUT2D eigenvalue weighted by molar-refractivity contribution is -0.136. The molecule has 1 aliphatic rings. The number of hydrogen-bond donors (Lipinski definition) is 2. The van der Waals surface area contributed by atoms with Crippen LogP contribution in [0, 0.1) is 0 Å². The maximum atomic E-state index is 10.7. The number of fused-ring (bicyclic) bond motifs is 3. The molecule has 2 aromatic carbocycles. The molecule has 3 rings (SSSR count). The molecular weight excluding hydrogens is 226 g/mol. The molecule has 3 heteroatoms. The number of carboxylic acid groups (broad SMARTS) is 1. The quantitative estimate of drug-likeness (QED) is 0.864. The van der Waals surface area contributed by atoms with Crippen LogP contribution in [0.15, 0.2) is 48.5 Å². The summed E-state index contributed by atoms with van der Waals surface area (Å²) in [5, 5.41) is 11.9. The largest absolute Gasteiger partial charge is 0.480 e. The number of hydrogen-bond acceptors (Lipinski definition) is 2. The lowest BCUT2D eigenvalue weighted by Crippen LogP contribution is -2.26. The van der Waals surface area contributed by atoms with E-state index in [9.17, 15) is 4.79 Å². The van der Waals surface area contributed by atoms with Crippen molar-refractivity contribution in [2.75, 3.05) is 6.54 Å². The number of rotatable bonds is 3. The van der Waals surface area contributed by atoms with Gasteiger partial charge in [0.2, 0.25) is 0 Å². The molecule has 0 atom stereocenters. The third-order valence-electron chi connectivity index (χ3n) is 3.29. The Kier molecular flexibility index (Phi) is 2.61. The van der Waals surface area contributed by atoms with Gasteiger partial charge in [0.15, 0.2) is 0 Å². The van der Waals surface area contributed by atoms with Gasteiger partial charge in [-0.25, -0.2) is 0 Å². The van der Waals surface area contributed by atoms with E-state index in [1.807, 2.05) is 24.3 Å². The smallest absolute Gasteiger partial charge is 0.317 e. The second kappa shape index (κ2) is 4.27. The maximum absolute atomic E-state index is 10.7. The molecule has 0 heterocycles. The zero-order chi connectivity index (χ0) is 12.5. The Morgan fingerprint density at radius 2 is 1.50 bits per heavy atom. The SMILES string of the molecule is O=C(O)CNC1c2ccccc2-c2ccccc21. The van der Waals surface area contributed by atoms with Crippen LogP contribution in [-0.4, -0.2) is 17.6 Å². The number of aliphatic carboxylic acids is 1. The summed E-state index contributed by atoms with van der Waals surface area (Å²) in [6.45, 7) is -0.0344. The molecule has 2 N–H and O–H groups in total. The molecule has 0 aliphatic heterocycles. The number of nitrogens with one attached hydrogen (secondary N) is 1. The Labute approximate surface area is 105 Å². The monoisotopic (exact) mass is 239 g/mol. The van der Waals surface area contributed by atoms with Crippen LogP contribution in [0.2, 0.25) is 0 Å². The number of carbonyl (C=O) groups is 1. The molecule has 0 saturated carbocycles. The van der Waals surface area contributed by atoms with Gasteiger partial charge >= 0.3 is 5.97 Å². The molecule has 0 radical (unpaired) electrons. The van der Waals surface area contributed by atoms with Crippen LogP contribution >= 0.6 is 0 Å². The molecule has 18 heavy (non-hydrogen) atoms. The van der Waals surface area contributed by atoms with E-state index in [2.05, 4.69) is 29.6 Å². The van der Waals surface area contributed by atoms with Gasteiger partial charge < -0.3 is 5.11 Å². The van der Waals surface area contributed by atoms with E-state index in [-0.39, 0.29) is 12.6 Å². The molecule has 1 aliphatic carbocycles.